The summed E-state index contributed by atoms with van der Waals surface area (Å²) >= 11 is 0. The van der Waals surface area contributed by atoms with Crippen molar-refractivity contribution < 1.29 is 9.53 Å². The summed E-state index contributed by atoms with van der Waals surface area (Å²) in [5, 5.41) is 4.03. The van der Waals surface area contributed by atoms with E-state index in [-0.39, 0.29) is 12.5 Å². The lowest BCUT2D eigenvalue weighted by atomic mass is 10.0. The molecule has 4 heteroatoms. The van der Waals surface area contributed by atoms with Crippen molar-refractivity contribution in [3.63, 3.8) is 0 Å². The van der Waals surface area contributed by atoms with Crippen LogP contribution in [0, 0.1) is 6.92 Å². The molecule has 0 radical (unpaired) electrons. The number of rotatable bonds is 7. The fraction of sp³-hybridized carbons (Fsp3) is 0.200. The standard InChI is InChI=1S/C25H26N2O2/c1-18(2)23-14-9-19(3)15-24(23)29-17-25(28)27-26-16-20-10-12-22(13-11-20)21-7-5-4-6-8-21/h4-16,18H,17H2,1-3H3,(H,27,28)/b26-16-. The van der Waals surface area contributed by atoms with Crippen molar-refractivity contribution in [2.75, 3.05) is 6.61 Å². The van der Waals surface area contributed by atoms with E-state index in [1.807, 2.05) is 61.5 Å². The van der Waals surface area contributed by atoms with E-state index in [1.54, 1.807) is 6.21 Å². The molecular weight excluding hydrogens is 360 g/mol. The Labute approximate surface area is 172 Å². The minimum atomic E-state index is -0.293. The van der Waals surface area contributed by atoms with Gasteiger partial charge in [0.15, 0.2) is 6.61 Å². The summed E-state index contributed by atoms with van der Waals surface area (Å²) in [6.45, 7) is 6.13. The van der Waals surface area contributed by atoms with Gasteiger partial charge in [0.05, 0.1) is 6.21 Å². The second-order valence-electron chi connectivity index (χ2n) is 7.27. The zero-order chi connectivity index (χ0) is 20.6. The Morgan fingerprint density at radius 1 is 1.00 bits per heavy atom. The lowest BCUT2D eigenvalue weighted by Gasteiger charge is -2.14. The molecule has 0 bridgehead atoms. The zero-order valence-corrected chi connectivity index (χ0v) is 17.1. The third-order valence-corrected chi connectivity index (χ3v) is 4.57. The van der Waals surface area contributed by atoms with Crippen molar-refractivity contribution in [3.8, 4) is 16.9 Å². The summed E-state index contributed by atoms with van der Waals surface area (Å²) in [7, 11) is 0. The number of aryl methyl sites for hydroxylation is 1. The van der Waals surface area contributed by atoms with Gasteiger partial charge in [0.2, 0.25) is 0 Å². The number of benzene rings is 3. The van der Waals surface area contributed by atoms with Crippen LogP contribution in [0.4, 0.5) is 0 Å². The Bertz CT molecular complexity index is 977. The first kappa shape index (κ1) is 20.3. The Hall–Kier alpha value is -3.40. The summed E-state index contributed by atoms with van der Waals surface area (Å²) < 4.78 is 5.72. The van der Waals surface area contributed by atoms with Gasteiger partial charge in [-0.1, -0.05) is 80.6 Å². The maximum Gasteiger partial charge on any atom is 0.277 e. The predicted molar refractivity (Wildman–Crippen MR) is 118 cm³/mol. The van der Waals surface area contributed by atoms with E-state index in [0.717, 1.165) is 28.0 Å². The molecule has 0 spiro atoms. The molecule has 0 aliphatic rings. The molecule has 3 aromatic carbocycles. The van der Waals surface area contributed by atoms with Crippen LogP contribution in [-0.2, 0) is 4.79 Å². The van der Waals surface area contributed by atoms with E-state index >= 15 is 0 Å². The van der Waals surface area contributed by atoms with Crippen LogP contribution in [0.5, 0.6) is 5.75 Å². The van der Waals surface area contributed by atoms with E-state index < -0.39 is 0 Å². The number of nitrogens with zero attached hydrogens (tertiary/aromatic N) is 1. The van der Waals surface area contributed by atoms with Gasteiger partial charge in [-0.2, -0.15) is 5.10 Å². The maximum absolute atomic E-state index is 12.1. The smallest absolute Gasteiger partial charge is 0.277 e. The molecule has 1 N–H and O–H groups in total. The average molecular weight is 386 g/mol. The molecule has 0 aliphatic heterocycles. The van der Waals surface area contributed by atoms with E-state index in [1.165, 1.54) is 5.56 Å². The van der Waals surface area contributed by atoms with Crippen molar-refractivity contribution in [1.82, 2.24) is 5.43 Å². The molecule has 29 heavy (non-hydrogen) atoms. The maximum atomic E-state index is 12.1. The first-order valence-corrected chi connectivity index (χ1v) is 9.73. The molecule has 0 saturated heterocycles. The van der Waals surface area contributed by atoms with Crippen LogP contribution in [0.1, 0.15) is 36.5 Å². The molecule has 0 fully saturated rings. The van der Waals surface area contributed by atoms with E-state index in [2.05, 4.69) is 42.6 Å². The second kappa shape index (κ2) is 9.69. The third kappa shape index (κ3) is 5.79. The SMILES string of the molecule is Cc1ccc(C(C)C)c(OCC(=O)N/N=C\c2ccc(-c3ccccc3)cc2)c1. The van der Waals surface area contributed by atoms with Gasteiger partial charge in [0.1, 0.15) is 5.75 Å². The average Bonchev–Trinajstić information content (AvgIpc) is 2.73. The van der Waals surface area contributed by atoms with Crippen LogP contribution in [0.3, 0.4) is 0 Å². The number of carbonyl (C=O) groups is 1. The highest BCUT2D eigenvalue weighted by atomic mass is 16.5. The van der Waals surface area contributed by atoms with Crippen LogP contribution < -0.4 is 10.2 Å². The lowest BCUT2D eigenvalue weighted by Crippen LogP contribution is -2.25. The second-order valence-corrected chi connectivity index (χ2v) is 7.27. The Balaban J connectivity index is 1.53. The Morgan fingerprint density at radius 3 is 2.38 bits per heavy atom. The van der Waals surface area contributed by atoms with E-state index in [0.29, 0.717) is 5.92 Å². The summed E-state index contributed by atoms with van der Waals surface area (Å²) in [5.41, 5.74) is 7.92. The first-order valence-electron chi connectivity index (χ1n) is 9.73. The minimum Gasteiger partial charge on any atom is -0.483 e. The van der Waals surface area contributed by atoms with Crippen molar-refractivity contribution in [2.45, 2.75) is 26.7 Å². The fourth-order valence-electron chi connectivity index (χ4n) is 2.99. The van der Waals surface area contributed by atoms with Gasteiger partial charge in [-0.15, -0.1) is 0 Å². The van der Waals surface area contributed by atoms with Crippen LogP contribution in [0.15, 0.2) is 77.9 Å². The van der Waals surface area contributed by atoms with Crippen LogP contribution in [0.2, 0.25) is 0 Å². The largest absolute Gasteiger partial charge is 0.483 e. The van der Waals surface area contributed by atoms with Crippen molar-refractivity contribution in [2.24, 2.45) is 5.10 Å². The zero-order valence-electron chi connectivity index (χ0n) is 17.1. The van der Waals surface area contributed by atoms with Gasteiger partial charge in [0, 0.05) is 0 Å². The Morgan fingerprint density at radius 2 is 1.69 bits per heavy atom. The van der Waals surface area contributed by atoms with Crippen LogP contribution >= 0.6 is 0 Å². The van der Waals surface area contributed by atoms with Gasteiger partial charge in [-0.3, -0.25) is 4.79 Å². The van der Waals surface area contributed by atoms with Crippen molar-refractivity contribution >= 4 is 12.1 Å². The molecule has 1 amide bonds. The molecule has 0 saturated carbocycles. The van der Waals surface area contributed by atoms with Gasteiger partial charge in [0.25, 0.3) is 5.91 Å². The molecule has 3 rings (SSSR count). The van der Waals surface area contributed by atoms with Crippen molar-refractivity contribution in [1.29, 1.82) is 0 Å². The topological polar surface area (TPSA) is 50.7 Å². The quantitative estimate of drug-likeness (QED) is 0.442. The van der Waals surface area contributed by atoms with Crippen LogP contribution in [-0.4, -0.2) is 18.7 Å². The summed E-state index contributed by atoms with van der Waals surface area (Å²) in [6.07, 6.45) is 1.62. The first-order chi connectivity index (χ1) is 14.0. The highest BCUT2D eigenvalue weighted by Crippen LogP contribution is 2.27. The number of amides is 1. The Kier molecular flexibility index (Phi) is 6.80. The minimum absolute atomic E-state index is 0.0759. The number of hydrogen-bond donors (Lipinski definition) is 1. The molecule has 0 heterocycles. The number of nitrogens with one attached hydrogen (secondary N) is 1. The lowest BCUT2D eigenvalue weighted by molar-refractivity contribution is -0.123. The number of carbonyl (C=O) groups excluding carboxylic acids is 1. The molecular formula is C25H26N2O2. The van der Waals surface area contributed by atoms with Crippen molar-refractivity contribution in [3.05, 3.63) is 89.5 Å². The molecule has 0 aromatic heterocycles. The molecule has 0 aliphatic carbocycles. The fourth-order valence-corrected chi connectivity index (χ4v) is 2.99. The molecule has 3 aromatic rings. The van der Waals surface area contributed by atoms with Gasteiger partial charge >= 0.3 is 0 Å². The summed E-state index contributed by atoms with van der Waals surface area (Å²) in [5.74, 6) is 0.777. The summed E-state index contributed by atoms with van der Waals surface area (Å²) in [4.78, 5) is 12.1. The normalized spacial score (nSPS) is 11.0. The highest BCUT2D eigenvalue weighted by molar-refractivity contribution is 5.83. The van der Waals surface area contributed by atoms with E-state index in [9.17, 15) is 4.79 Å². The van der Waals surface area contributed by atoms with E-state index in [4.69, 9.17) is 4.74 Å². The molecule has 0 atom stereocenters. The van der Waals surface area contributed by atoms with Crippen LogP contribution in [0.25, 0.3) is 11.1 Å². The van der Waals surface area contributed by atoms with Gasteiger partial charge in [-0.25, -0.2) is 5.43 Å². The number of hydrazone groups is 1. The third-order valence-electron chi connectivity index (χ3n) is 4.57. The van der Waals surface area contributed by atoms with Gasteiger partial charge in [-0.05, 0) is 46.7 Å². The summed E-state index contributed by atoms with van der Waals surface area (Å²) in [6, 6.07) is 24.2. The number of hydrogen-bond acceptors (Lipinski definition) is 3. The molecule has 4 nitrogen and oxygen atoms in total. The monoisotopic (exact) mass is 386 g/mol. The molecule has 148 valence electrons. The van der Waals surface area contributed by atoms with Gasteiger partial charge < -0.3 is 4.74 Å². The highest BCUT2D eigenvalue weighted by Gasteiger charge is 2.10. The molecule has 0 unspecified atom stereocenters. The predicted octanol–water partition coefficient (Wildman–Crippen LogP) is 5.31. The number of ether oxygens (including phenoxy) is 1.